The SMILES string of the molecule is CC[C@@H](C)n1c(C=O)ccc1CC1CCCCC1. The highest BCUT2D eigenvalue weighted by atomic mass is 16.1. The Labute approximate surface area is 110 Å². The smallest absolute Gasteiger partial charge is 0.166 e. The Kier molecular flexibility index (Phi) is 4.62. The lowest BCUT2D eigenvalue weighted by Gasteiger charge is -2.24. The first-order valence-electron chi connectivity index (χ1n) is 7.41. The van der Waals surface area contributed by atoms with Gasteiger partial charge in [-0.3, -0.25) is 4.79 Å². The maximum absolute atomic E-state index is 11.1. The van der Waals surface area contributed by atoms with Gasteiger partial charge in [0.05, 0.1) is 5.69 Å². The summed E-state index contributed by atoms with van der Waals surface area (Å²) in [5.41, 5.74) is 2.20. The molecule has 1 saturated carbocycles. The maximum Gasteiger partial charge on any atom is 0.166 e. The zero-order valence-corrected chi connectivity index (χ0v) is 11.7. The average molecular weight is 247 g/mol. The molecule has 1 aliphatic rings. The minimum atomic E-state index is 0.429. The first-order chi connectivity index (χ1) is 8.76. The van der Waals surface area contributed by atoms with Crippen molar-refractivity contribution in [3.8, 4) is 0 Å². The van der Waals surface area contributed by atoms with Crippen LogP contribution in [0.25, 0.3) is 0 Å². The summed E-state index contributed by atoms with van der Waals surface area (Å²) >= 11 is 0. The van der Waals surface area contributed by atoms with Crippen molar-refractivity contribution in [2.75, 3.05) is 0 Å². The van der Waals surface area contributed by atoms with Crippen LogP contribution in [0.5, 0.6) is 0 Å². The van der Waals surface area contributed by atoms with Crippen LogP contribution < -0.4 is 0 Å². The van der Waals surface area contributed by atoms with Crippen LogP contribution in [0.1, 0.15) is 74.6 Å². The summed E-state index contributed by atoms with van der Waals surface area (Å²) in [6, 6.07) is 4.57. The van der Waals surface area contributed by atoms with Gasteiger partial charge in [-0.2, -0.15) is 0 Å². The van der Waals surface area contributed by atoms with E-state index in [0.29, 0.717) is 6.04 Å². The summed E-state index contributed by atoms with van der Waals surface area (Å²) in [7, 11) is 0. The van der Waals surface area contributed by atoms with Gasteiger partial charge in [0.25, 0.3) is 0 Å². The van der Waals surface area contributed by atoms with E-state index in [1.165, 1.54) is 37.8 Å². The number of carbonyl (C=O) groups is 1. The first kappa shape index (κ1) is 13.4. The minimum Gasteiger partial charge on any atom is -0.340 e. The molecule has 18 heavy (non-hydrogen) atoms. The molecule has 2 heteroatoms. The van der Waals surface area contributed by atoms with E-state index in [2.05, 4.69) is 24.5 Å². The molecule has 1 atom stereocenters. The third kappa shape index (κ3) is 2.85. The van der Waals surface area contributed by atoms with Crippen LogP contribution in [0.15, 0.2) is 12.1 Å². The lowest BCUT2D eigenvalue weighted by Crippen LogP contribution is -2.16. The van der Waals surface area contributed by atoms with Crippen LogP contribution in [0.4, 0.5) is 0 Å². The second-order valence-corrected chi connectivity index (χ2v) is 5.70. The fourth-order valence-corrected chi connectivity index (χ4v) is 3.18. The lowest BCUT2D eigenvalue weighted by atomic mass is 9.86. The summed E-state index contributed by atoms with van der Waals surface area (Å²) < 4.78 is 2.25. The minimum absolute atomic E-state index is 0.429. The van der Waals surface area contributed by atoms with Crippen molar-refractivity contribution in [3.63, 3.8) is 0 Å². The van der Waals surface area contributed by atoms with Crippen molar-refractivity contribution >= 4 is 6.29 Å². The number of hydrogen-bond acceptors (Lipinski definition) is 1. The van der Waals surface area contributed by atoms with Crippen LogP contribution in [0, 0.1) is 5.92 Å². The van der Waals surface area contributed by atoms with Gasteiger partial charge in [0.1, 0.15) is 0 Å². The van der Waals surface area contributed by atoms with E-state index >= 15 is 0 Å². The number of aromatic nitrogens is 1. The molecule has 0 aliphatic heterocycles. The van der Waals surface area contributed by atoms with E-state index in [1.54, 1.807) is 0 Å². The Hall–Kier alpha value is -1.05. The Balaban J connectivity index is 2.15. The first-order valence-corrected chi connectivity index (χ1v) is 7.41. The molecular weight excluding hydrogens is 222 g/mol. The highest BCUT2D eigenvalue weighted by molar-refractivity contribution is 5.72. The monoisotopic (exact) mass is 247 g/mol. The van der Waals surface area contributed by atoms with Crippen molar-refractivity contribution in [1.82, 2.24) is 4.57 Å². The predicted molar refractivity (Wildman–Crippen MR) is 75.1 cm³/mol. The van der Waals surface area contributed by atoms with Gasteiger partial charge in [0.15, 0.2) is 6.29 Å². The molecule has 0 radical (unpaired) electrons. The standard InChI is InChI=1S/C16H25NO/c1-3-13(2)17-15(9-10-16(17)12-18)11-14-7-5-4-6-8-14/h9-10,12-14H,3-8,11H2,1-2H3/t13-/m1/s1. The van der Waals surface area contributed by atoms with Crippen molar-refractivity contribution in [2.24, 2.45) is 5.92 Å². The van der Waals surface area contributed by atoms with Crippen LogP contribution in [-0.2, 0) is 6.42 Å². The van der Waals surface area contributed by atoms with Gasteiger partial charge in [0.2, 0.25) is 0 Å². The zero-order chi connectivity index (χ0) is 13.0. The number of carbonyl (C=O) groups excluding carboxylic acids is 1. The van der Waals surface area contributed by atoms with Crippen LogP contribution in [-0.4, -0.2) is 10.9 Å². The summed E-state index contributed by atoms with van der Waals surface area (Å²) in [6.45, 7) is 4.39. The molecule has 100 valence electrons. The van der Waals surface area contributed by atoms with Gasteiger partial charge >= 0.3 is 0 Å². The van der Waals surface area contributed by atoms with E-state index in [4.69, 9.17) is 0 Å². The fraction of sp³-hybridized carbons (Fsp3) is 0.688. The molecule has 0 saturated heterocycles. The van der Waals surface area contributed by atoms with Gasteiger partial charge < -0.3 is 4.57 Å². The zero-order valence-electron chi connectivity index (χ0n) is 11.7. The van der Waals surface area contributed by atoms with Crippen molar-refractivity contribution in [1.29, 1.82) is 0 Å². The normalized spacial score (nSPS) is 18.8. The van der Waals surface area contributed by atoms with Gasteiger partial charge in [-0.25, -0.2) is 0 Å². The molecule has 1 aromatic heterocycles. The highest BCUT2D eigenvalue weighted by Crippen LogP contribution is 2.29. The molecule has 0 spiro atoms. The largest absolute Gasteiger partial charge is 0.340 e. The third-order valence-electron chi connectivity index (χ3n) is 4.41. The van der Waals surface area contributed by atoms with E-state index in [9.17, 15) is 4.79 Å². The van der Waals surface area contributed by atoms with Gasteiger partial charge in [0, 0.05) is 11.7 Å². The number of aldehydes is 1. The molecule has 2 rings (SSSR count). The Bertz CT molecular complexity index is 388. The Morgan fingerprint density at radius 1 is 1.33 bits per heavy atom. The molecule has 2 nitrogen and oxygen atoms in total. The van der Waals surface area contributed by atoms with E-state index in [0.717, 1.165) is 30.7 Å². The Morgan fingerprint density at radius 3 is 2.67 bits per heavy atom. The van der Waals surface area contributed by atoms with Gasteiger partial charge in [-0.1, -0.05) is 39.0 Å². The summed E-state index contributed by atoms with van der Waals surface area (Å²) in [5.74, 6) is 0.830. The molecule has 1 heterocycles. The van der Waals surface area contributed by atoms with Crippen molar-refractivity contribution in [2.45, 2.75) is 64.8 Å². The molecule has 0 amide bonds. The third-order valence-corrected chi connectivity index (χ3v) is 4.41. The van der Waals surface area contributed by atoms with Gasteiger partial charge in [-0.15, -0.1) is 0 Å². The molecule has 1 fully saturated rings. The van der Waals surface area contributed by atoms with E-state index < -0.39 is 0 Å². The summed E-state index contributed by atoms with van der Waals surface area (Å²) in [5, 5.41) is 0. The lowest BCUT2D eigenvalue weighted by molar-refractivity contribution is 0.111. The predicted octanol–water partition coefficient (Wildman–Crippen LogP) is 4.39. The molecular formula is C16H25NO. The quantitative estimate of drug-likeness (QED) is 0.707. The summed E-state index contributed by atoms with van der Waals surface area (Å²) in [4.78, 5) is 11.1. The molecule has 1 aromatic rings. The average Bonchev–Trinajstić information content (AvgIpc) is 2.82. The van der Waals surface area contributed by atoms with E-state index in [1.807, 2.05) is 6.07 Å². The highest BCUT2D eigenvalue weighted by Gasteiger charge is 2.18. The fourth-order valence-electron chi connectivity index (χ4n) is 3.18. The molecule has 0 unspecified atom stereocenters. The van der Waals surface area contributed by atoms with Crippen molar-refractivity contribution in [3.05, 3.63) is 23.5 Å². The topological polar surface area (TPSA) is 22.0 Å². The second-order valence-electron chi connectivity index (χ2n) is 5.70. The number of rotatable bonds is 5. The van der Waals surface area contributed by atoms with Crippen molar-refractivity contribution < 1.29 is 4.79 Å². The Morgan fingerprint density at radius 2 is 2.06 bits per heavy atom. The summed E-state index contributed by atoms with van der Waals surface area (Å²) in [6.07, 6.45) is 10.1. The van der Waals surface area contributed by atoms with Crippen LogP contribution in [0.3, 0.4) is 0 Å². The molecule has 0 aromatic carbocycles. The number of hydrogen-bond donors (Lipinski definition) is 0. The molecule has 1 aliphatic carbocycles. The van der Waals surface area contributed by atoms with Gasteiger partial charge in [-0.05, 0) is 37.8 Å². The van der Waals surface area contributed by atoms with Crippen LogP contribution >= 0.6 is 0 Å². The maximum atomic E-state index is 11.1. The second kappa shape index (κ2) is 6.21. The number of nitrogens with zero attached hydrogens (tertiary/aromatic N) is 1. The van der Waals surface area contributed by atoms with E-state index in [-0.39, 0.29) is 0 Å². The molecule has 0 bridgehead atoms. The molecule has 0 N–H and O–H groups in total. The van der Waals surface area contributed by atoms with Crippen LogP contribution in [0.2, 0.25) is 0 Å².